The van der Waals surface area contributed by atoms with Crippen LogP contribution in [0.4, 0.5) is 0 Å². The van der Waals surface area contributed by atoms with Crippen molar-refractivity contribution in [3.8, 4) is 0 Å². The molecule has 1 aliphatic rings. The van der Waals surface area contributed by atoms with Crippen molar-refractivity contribution in [2.75, 3.05) is 19.7 Å². The first-order chi connectivity index (χ1) is 9.69. The number of rotatable bonds is 4. The summed E-state index contributed by atoms with van der Waals surface area (Å²) >= 11 is 1.86. The van der Waals surface area contributed by atoms with Crippen LogP contribution in [0.1, 0.15) is 43.4 Å². The number of thiophene rings is 1. The van der Waals surface area contributed by atoms with Gasteiger partial charge < -0.3 is 4.74 Å². The number of ether oxygens (including phenoxy) is 1. The Kier molecular flexibility index (Phi) is 7.85. The molecule has 114 valence electrons. The summed E-state index contributed by atoms with van der Waals surface area (Å²) in [6.07, 6.45) is 1.87. The molecule has 20 heavy (non-hydrogen) atoms. The second-order valence-corrected chi connectivity index (χ2v) is 6.19. The number of aryl methyl sites for hydroxylation is 1. The van der Waals surface area contributed by atoms with Gasteiger partial charge in [0.25, 0.3) is 0 Å². The minimum Gasteiger partial charge on any atom is -0.466 e. The number of hydrogen-bond acceptors (Lipinski definition) is 4. The highest BCUT2D eigenvalue weighted by Crippen LogP contribution is 2.22. The summed E-state index contributed by atoms with van der Waals surface area (Å²) in [5.74, 6) is 0.107. The van der Waals surface area contributed by atoms with E-state index in [0.29, 0.717) is 6.61 Å². The Labute approximate surface area is 126 Å². The fourth-order valence-corrected chi connectivity index (χ4v) is 3.31. The first kappa shape index (κ1) is 17.2. The molecule has 0 spiro atoms. The molecule has 0 atom stereocenters. The summed E-state index contributed by atoms with van der Waals surface area (Å²) in [6, 6.07) is 4.38. The van der Waals surface area contributed by atoms with E-state index >= 15 is 0 Å². The van der Waals surface area contributed by atoms with E-state index in [2.05, 4.69) is 24.0 Å². The van der Waals surface area contributed by atoms with Gasteiger partial charge in [-0.3, -0.25) is 9.69 Å². The van der Waals surface area contributed by atoms with E-state index in [1.165, 1.54) is 9.75 Å². The van der Waals surface area contributed by atoms with Gasteiger partial charge in [0, 0.05) is 16.3 Å². The van der Waals surface area contributed by atoms with E-state index in [4.69, 9.17) is 4.74 Å². The third-order valence-electron chi connectivity index (χ3n) is 3.38. The Morgan fingerprint density at radius 1 is 1.35 bits per heavy atom. The Balaban J connectivity index is 0.000000956. The lowest BCUT2D eigenvalue weighted by Crippen LogP contribution is -2.36. The molecule has 3 nitrogen and oxygen atoms in total. The molecule has 2 rings (SSSR count). The van der Waals surface area contributed by atoms with Crippen LogP contribution in [0.2, 0.25) is 0 Å². The summed E-state index contributed by atoms with van der Waals surface area (Å²) in [4.78, 5) is 16.8. The lowest BCUT2D eigenvalue weighted by Gasteiger charge is -2.30. The average Bonchev–Trinajstić information content (AvgIpc) is 2.87. The Morgan fingerprint density at radius 3 is 2.50 bits per heavy atom. The average molecular weight is 297 g/mol. The molecule has 0 radical (unpaired) electrons. The van der Waals surface area contributed by atoms with Crippen molar-refractivity contribution in [3.63, 3.8) is 0 Å². The van der Waals surface area contributed by atoms with Gasteiger partial charge in [0.05, 0.1) is 12.5 Å². The monoisotopic (exact) mass is 297 g/mol. The topological polar surface area (TPSA) is 29.5 Å². The lowest BCUT2D eigenvalue weighted by atomic mass is 9.97. The summed E-state index contributed by atoms with van der Waals surface area (Å²) in [6.45, 7) is 11.5. The van der Waals surface area contributed by atoms with Crippen molar-refractivity contribution < 1.29 is 9.53 Å². The van der Waals surface area contributed by atoms with Crippen molar-refractivity contribution in [1.29, 1.82) is 0 Å². The molecule has 1 saturated heterocycles. The second kappa shape index (κ2) is 9.14. The van der Waals surface area contributed by atoms with Gasteiger partial charge in [0.1, 0.15) is 0 Å². The minimum absolute atomic E-state index is 0.0101. The number of likely N-dealkylation sites (tertiary alicyclic amines) is 1. The van der Waals surface area contributed by atoms with E-state index in [9.17, 15) is 4.79 Å². The number of carbonyl (C=O) groups is 1. The van der Waals surface area contributed by atoms with Crippen LogP contribution in [0.25, 0.3) is 0 Å². The molecule has 4 heteroatoms. The van der Waals surface area contributed by atoms with Gasteiger partial charge in [-0.1, -0.05) is 13.8 Å². The van der Waals surface area contributed by atoms with Crippen molar-refractivity contribution in [3.05, 3.63) is 21.9 Å². The SMILES string of the molecule is CC.CCOC(=O)C1CCN(Cc2ccc(C)s2)CC1. The smallest absolute Gasteiger partial charge is 0.309 e. The fraction of sp³-hybridized carbons (Fsp3) is 0.688. The molecule has 0 aliphatic carbocycles. The number of nitrogens with zero attached hydrogens (tertiary/aromatic N) is 1. The summed E-state index contributed by atoms with van der Waals surface area (Å²) in [5, 5.41) is 0. The van der Waals surface area contributed by atoms with Crippen LogP contribution in [0, 0.1) is 12.8 Å². The molecular weight excluding hydrogens is 270 g/mol. The lowest BCUT2D eigenvalue weighted by molar-refractivity contribution is -0.149. The number of piperidine rings is 1. The first-order valence-corrected chi connectivity index (χ1v) is 8.45. The minimum atomic E-state index is -0.0101. The van der Waals surface area contributed by atoms with Gasteiger partial charge >= 0.3 is 5.97 Å². The highest BCUT2D eigenvalue weighted by Gasteiger charge is 2.25. The third-order valence-corrected chi connectivity index (χ3v) is 4.37. The molecule has 0 unspecified atom stereocenters. The molecule has 1 aromatic rings. The van der Waals surface area contributed by atoms with Crippen LogP contribution in [0.5, 0.6) is 0 Å². The van der Waals surface area contributed by atoms with Crippen LogP contribution >= 0.6 is 11.3 Å². The van der Waals surface area contributed by atoms with Gasteiger partial charge in [0.15, 0.2) is 0 Å². The zero-order valence-corrected chi connectivity index (χ0v) is 14.0. The Morgan fingerprint density at radius 2 is 2.00 bits per heavy atom. The molecule has 0 N–H and O–H groups in total. The summed E-state index contributed by atoms with van der Waals surface area (Å²) in [7, 11) is 0. The van der Waals surface area contributed by atoms with Crippen LogP contribution in [-0.4, -0.2) is 30.6 Å². The van der Waals surface area contributed by atoms with Crippen molar-refractivity contribution in [2.45, 2.75) is 47.1 Å². The maximum atomic E-state index is 11.6. The number of hydrogen-bond donors (Lipinski definition) is 0. The molecule has 1 aromatic heterocycles. The predicted molar refractivity (Wildman–Crippen MR) is 85.0 cm³/mol. The standard InChI is InChI=1S/C14H21NO2S.C2H6/c1-3-17-14(16)12-6-8-15(9-7-12)10-13-5-4-11(2)18-13;1-2/h4-5,12H,3,6-10H2,1-2H3;1-2H3. The van der Waals surface area contributed by atoms with Crippen molar-refractivity contribution >= 4 is 17.3 Å². The Bertz CT molecular complexity index is 395. The molecular formula is C16H27NO2S. The van der Waals surface area contributed by atoms with E-state index in [1.54, 1.807) is 0 Å². The van der Waals surface area contributed by atoms with Gasteiger partial charge in [-0.25, -0.2) is 0 Å². The predicted octanol–water partition coefficient (Wildman–Crippen LogP) is 3.86. The molecule has 0 saturated carbocycles. The van der Waals surface area contributed by atoms with E-state index in [-0.39, 0.29) is 11.9 Å². The maximum Gasteiger partial charge on any atom is 0.309 e. The molecule has 0 amide bonds. The third kappa shape index (κ3) is 5.25. The van der Waals surface area contributed by atoms with Crippen molar-refractivity contribution in [1.82, 2.24) is 4.90 Å². The Hall–Kier alpha value is -0.870. The van der Waals surface area contributed by atoms with E-state index in [1.807, 2.05) is 32.1 Å². The number of esters is 1. The normalized spacial score (nSPS) is 16.4. The highest BCUT2D eigenvalue weighted by molar-refractivity contribution is 7.11. The van der Waals surface area contributed by atoms with Gasteiger partial charge in [-0.05, 0) is 51.9 Å². The molecule has 1 aliphatic heterocycles. The van der Waals surface area contributed by atoms with Crippen LogP contribution in [-0.2, 0) is 16.1 Å². The van der Waals surface area contributed by atoms with E-state index < -0.39 is 0 Å². The highest BCUT2D eigenvalue weighted by atomic mass is 32.1. The largest absolute Gasteiger partial charge is 0.466 e. The van der Waals surface area contributed by atoms with Crippen LogP contribution < -0.4 is 0 Å². The molecule has 1 fully saturated rings. The maximum absolute atomic E-state index is 11.6. The molecule has 2 heterocycles. The van der Waals surface area contributed by atoms with Gasteiger partial charge in [-0.2, -0.15) is 0 Å². The van der Waals surface area contributed by atoms with Gasteiger partial charge in [0.2, 0.25) is 0 Å². The van der Waals surface area contributed by atoms with E-state index in [0.717, 1.165) is 32.5 Å². The zero-order chi connectivity index (χ0) is 15.0. The second-order valence-electron chi connectivity index (χ2n) is 4.81. The fourth-order valence-electron chi connectivity index (χ4n) is 2.38. The van der Waals surface area contributed by atoms with Gasteiger partial charge in [-0.15, -0.1) is 11.3 Å². The summed E-state index contributed by atoms with van der Waals surface area (Å²) in [5.41, 5.74) is 0. The first-order valence-electron chi connectivity index (χ1n) is 7.63. The van der Waals surface area contributed by atoms with Crippen LogP contribution in [0.3, 0.4) is 0 Å². The molecule has 0 aromatic carbocycles. The molecule has 0 bridgehead atoms. The summed E-state index contributed by atoms with van der Waals surface area (Å²) < 4.78 is 5.08. The number of carbonyl (C=O) groups excluding carboxylic acids is 1. The quantitative estimate of drug-likeness (QED) is 0.790. The van der Waals surface area contributed by atoms with Crippen LogP contribution in [0.15, 0.2) is 12.1 Å². The van der Waals surface area contributed by atoms with Crippen molar-refractivity contribution in [2.24, 2.45) is 5.92 Å². The zero-order valence-electron chi connectivity index (χ0n) is 13.1.